The molecule has 4 rings (SSSR count). The van der Waals surface area contributed by atoms with Gasteiger partial charge in [-0.2, -0.15) is 13.2 Å². The fourth-order valence-corrected chi connectivity index (χ4v) is 4.43. The van der Waals surface area contributed by atoms with Crippen LogP contribution in [0.2, 0.25) is 0 Å². The first-order valence-corrected chi connectivity index (χ1v) is 10.3. The Hall–Kier alpha value is -2.54. The van der Waals surface area contributed by atoms with Crippen molar-refractivity contribution >= 4 is 6.09 Å². The number of carbonyl (C=O) groups is 1. The van der Waals surface area contributed by atoms with E-state index in [-0.39, 0.29) is 6.04 Å². The molecule has 4 nitrogen and oxygen atoms in total. The fraction of sp³-hybridized carbons (Fsp3) is 0.435. The largest absolute Gasteiger partial charge is 0.465 e. The molecule has 2 aliphatic rings. The maximum absolute atomic E-state index is 12.9. The van der Waals surface area contributed by atoms with E-state index < -0.39 is 17.8 Å². The lowest BCUT2D eigenvalue weighted by Gasteiger charge is -2.29. The van der Waals surface area contributed by atoms with Crippen molar-refractivity contribution in [1.82, 2.24) is 10.6 Å². The highest BCUT2D eigenvalue weighted by molar-refractivity contribution is 5.65. The van der Waals surface area contributed by atoms with Crippen LogP contribution >= 0.6 is 0 Å². The third-order valence-electron chi connectivity index (χ3n) is 6.16. The van der Waals surface area contributed by atoms with Crippen LogP contribution in [0.1, 0.15) is 49.1 Å². The highest BCUT2D eigenvalue weighted by Crippen LogP contribution is 2.42. The van der Waals surface area contributed by atoms with E-state index in [1.54, 1.807) is 6.07 Å². The highest BCUT2D eigenvalue weighted by Gasteiger charge is 2.40. The predicted octanol–water partition coefficient (Wildman–Crippen LogP) is 5.40. The average molecular weight is 418 g/mol. The van der Waals surface area contributed by atoms with Gasteiger partial charge < -0.3 is 15.7 Å². The van der Waals surface area contributed by atoms with Crippen molar-refractivity contribution in [1.29, 1.82) is 0 Å². The summed E-state index contributed by atoms with van der Waals surface area (Å²) in [6, 6.07) is 14.1. The van der Waals surface area contributed by atoms with Gasteiger partial charge in [0.25, 0.3) is 0 Å². The number of hydrogen-bond acceptors (Lipinski definition) is 2. The van der Waals surface area contributed by atoms with Gasteiger partial charge in [-0.15, -0.1) is 0 Å². The molecule has 160 valence electrons. The molecule has 0 aromatic heterocycles. The lowest BCUT2D eigenvalue weighted by atomic mass is 9.91. The zero-order chi connectivity index (χ0) is 21.3. The average Bonchev–Trinajstić information content (AvgIpc) is 3.48. The molecule has 0 bridgehead atoms. The van der Waals surface area contributed by atoms with Crippen LogP contribution in [0.4, 0.5) is 18.0 Å². The Morgan fingerprint density at radius 1 is 0.933 bits per heavy atom. The van der Waals surface area contributed by atoms with Crippen molar-refractivity contribution in [2.45, 2.75) is 62.3 Å². The lowest BCUT2D eigenvalue weighted by molar-refractivity contribution is -0.137. The second-order valence-electron chi connectivity index (χ2n) is 8.31. The van der Waals surface area contributed by atoms with Gasteiger partial charge in [0.1, 0.15) is 0 Å². The number of alkyl halides is 3. The Balaban J connectivity index is 1.31. The maximum Gasteiger partial charge on any atom is 0.416 e. The summed E-state index contributed by atoms with van der Waals surface area (Å²) in [6.07, 6.45) is -0.616. The van der Waals surface area contributed by atoms with Crippen molar-refractivity contribution in [2.24, 2.45) is 0 Å². The zero-order valence-corrected chi connectivity index (χ0v) is 16.5. The van der Waals surface area contributed by atoms with Crippen LogP contribution < -0.4 is 10.6 Å². The van der Waals surface area contributed by atoms with E-state index in [4.69, 9.17) is 5.11 Å². The van der Waals surface area contributed by atoms with E-state index in [2.05, 4.69) is 10.6 Å². The first-order chi connectivity index (χ1) is 14.3. The molecule has 0 aliphatic heterocycles. The van der Waals surface area contributed by atoms with Crippen LogP contribution in [-0.4, -0.2) is 29.3 Å². The van der Waals surface area contributed by atoms with Gasteiger partial charge in [-0.05, 0) is 60.9 Å². The van der Waals surface area contributed by atoms with E-state index in [1.807, 2.05) is 24.3 Å². The van der Waals surface area contributed by atoms with Crippen LogP contribution in [0, 0.1) is 0 Å². The number of rotatable bonds is 5. The Morgan fingerprint density at radius 2 is 1.60 bits per heavy atom. The zero-order valence-electron chi connectivity index (χ0n) is 16.5. The van der Waals surface area contributed by atoms with Gasteiger partial charge >= 0.3 is 12.3 Å². The molecule has 0 radical (unpaired) electrons. The summed E-state index contributed by atoms with van der Waals surface area (Å²) in [5.41, 5.74) is 1.90. The predicted molar refractivity (Wildman–Crippen MR) is 108 cm³/mol. The monoisotopic (exact) mass is 418 g/mol. The SMILES string of the molecule is O=C(O)NC1CCC(N[C@H]2C[C@@H]2c2ccc(-c3cccc(C(F)(F)F)c3)cc2)CC1. The molecule has 2 aromatic carbocycles. The van der Waals surface area contributed by atoms with Gasteiger partial charge in [-0.3, -0.25) is 0 Å². The number of benzene rings is 2. The minimum Gasteiger partial charge on any atom is -0.465 e. The quantitative estimate of drug-likeness (QED) is 0.610. The van der Waals surface area contributed by atoms with Crippen molar-refractivity contribution in [3.05, 3.63) is 59.7 Å². The molecule has 30 heavy (non-hydrogen) atoms. The van der Waals surface area contributed by atoms with Gasteiger partial charge in [-0.25, -0.2) is 4.79 Å². The van der Waals surface area contributed by atoms with Gasteiger partial charge in [-0.1, -0.05) is 36.4 Å². The van der Waals surface area contributed by atoms with Crippen LogP contribution in [0.3, 0.4) is 0 Å². The van der Waals surface area contributed by atoms with Gasteiger partial charge in [0.2, 0.25) is 0 Å². The smallest absolute Gasteiger partial charge is 0.416 e. The summed E-state index contributed by atoms with van der Waals surface area (Å²) in [6.45, 7) is 0. The molecule has 1 amide bonds. The van der Waals surface area contributed by atoms with Crippen molar-refractivity contribution in [3.8, 4) is 11.1 Å². The third kappa shape index (κ3) is 4.95. The van der Waals surface area contributed by atoms with E-state index in [0.717, 1.165) is 43.7 Å². The lowest BCUT2D eigenvalue weighted by Crippen LogP contribution is -2.42. The molecular formula is C23H25F3N2O2. The van der Waals surface area contributed by atoms with Gasteiger partial charge in [0.15, 0.2) is 0 Å². The molecule has 0 unspecified atom stereocenters. The molecule has 0 spiro atoms. The van der Waals surface area contributed by atoms with Crippen LogP contribution in [0.25, 0.3) is 11.1 Å². The first-order valence-electron chi connectivity index (χ1n) is 10.3. The molecule has 2 aromatic rings. The van der Waals surface area contributed by atoms with Gasteiger partial charge in [0, 0.05) is 24.0 Å². The van der Waals surface area contributed by atoms with Crippen LogP contribution in [-0.2, 0) is 6.18 Å². The number of amides is 1. The molecule has 0 saturated heterocycles. The molecule has 2 atom stereocenters. The Labute approximate surface area is 173 Å². The fourth-order valence-electron chi connectivity index (χ4n) is 4.43. The Kier molecular flexibility index (Phi) is 5.73. The minimum atomic E-state index is -4.34. The van der Waals surface area contributed by atoms with Crippen molar-refractivity contribution in [2.75, 3.05) is 0 Å². The van der Waals surface area contributed by atoms with Gasteiger partial charge in [0.05, 0.1) is 5.56 Å². The molecule has 2 fully saturated rings. The summed E-state index contributed by atoms with van der Waals surface area (Å²) in [5.74, 6) is 0.426. The van der Waals surface area contributed by atoms with Crippen molar-refractivity contribution in [3.63, 3.8) is 0 Å². The Morgan fingerprint density at radius 3 is 2.23 bits per heavy atom. The highest BCUT2D eigenvalue weighted by atomic mass is 19.4. The number of halogens is 3. The second-order valence-corrected chi connectivity index (χ2v) is 8.31. The molecule has 3 N–H and O–H groups in total. The topological polar surface area (TPSA) is 61.4 Å². The molecule has 2 saturated carbocycles. The summed E-state index contributed by atoms with van der Waals surface area (Å²) in [5, 5.41) is 15.1. The van der Waals surface area contributed by atoms with Crippen LogP contribution in [0.15, 0.2) is 48.5 Å². The third-order valence-corrected chi connectivity index (χ3v) is 6.16. The second kappa shape index (κ2) is 8.30. The summed E-state index contributed by atoms with van der Waals surface area (Å²) in [7, 11) is 0. The first kappa shape index (κ1) is 20.7. The number of hydrogen-bond donors (Lipinski definition) is 3. The standard InChI is InChI=1S/C23H25F3N2O2/c24-23(25,26)17-3-1-2-16(12-17)14-4-6-15(7-5-14)20-13-21(20)27-18-8-10-19(11-9-18)28-22(29)30/h1-7,12,18-21,27-28H,8-11,13H2,(H,29,30)/t18?,19?,20-,21+/m1/s1. The van der Waals surface area contributed by atoms with E-state index in [0.29, 0.717) is 23.6 Å². The normalized spacial score (nSPS) is 26.2. The summed E-state index contributed by atoms with van der Waals surface area (Å²) in [4.78, 5) is 10.7. The van der Waals surface area contributed by atoms with E-state index in [1.165, 1.54) is 17.7 Å². The summed E-state index contributed by atoms with van der Waals surface area (Å²) >= 11 is 0. The number of carboxylic acid groups (broad SMARTS) is 1. The number of nitrogens with one attached hydrogen (secondary N) is 2. The van der Waals surface area contributed by atoms with E-state index in [9.17, 15) is 18.0 Å². The molecule has 0 heterocycles. The molecule has 7 heteroatoms. The van der Waals surface area contributed by atoms with E-state index >= 15 is 0 Å². The minimum absolute atomic E-state index is 0.0546. The molecular weight excluding hydrogens is 393 g/mol. The Bertz CT molecular complexity index is 890. The van der Waals surface area contributed by atoms with Crippen molar-refractivity contribution < 1.29 is 23.1 Å². The molecule has 2 aliphatic carbocycles. The van der Waals surface area contributed by atoms with Crippen LogP contribution in [0.5, 0.6) is 0 Å². The maximum atomic E-state index is 12.9. The summed E-state index contributed by atoms with van der Waals surface area (Å²) < 4.78 is 38.8.